The molecular formula is C22H28N4O3. The Kier molecular flexibility index (Phi) is 7.75. The molecule has 1 amide bonds. The molecule has 29 heavy (non-hydrogen) atoms. The molecule has 1 atom stereocenters. The van der Waals surface area contributed by atoms with Crippen molar-refractivity contribution in [3.05, 3.63) is 66.9 Å². The largest absolute Gasteiger partial charge is 0.389 e. The Morgan fingerprint density at radius 3 is 2.62 bits per heavy atom. The Labute approximate surface area is 171 Å². The third-order valence-corrected chi connectivity index (χ3v) is 4.75. The molecule has 1 aliphatic heterocycles. The van der Waals surface area contributed by atoms with Crippen LogP contribution in [-0.2, 0) is 4.74 Å². The molecular weight excluding hydrogens is 368 g/mol. The summed E-state index contributed by atoms with van der Waals surface area (Å²) < 4.78 is 5.30. The number of anilines is 2. The van der Waals surface area contributed by atoms with E-state index < -0.39 is 6.10 Å². The van der Waals surface area contributed by atoms with Crippen LogP contribution in [0.15, 0.2) is 61.3 Å². The lowest BCUT2D eigenvalue weighted by molar-refractivity contribution is 0.0252. The monoisotopic (exact) mass is 396 g/mol. The zero-order chi connectivity index (χ0) is 20.5. The number of aromatic nitrogens is 1. The SMILES string of the molecule is C=CCOCC(O)CN1CCN(c2ccc(NC(=O)c3ccccc3)cn2)CC1. The Bertz CT molecular complexity index is 774. The van der Waals surface area contributed by atoms with E-state index >= 15 is 0 Å². The van der Waals surface area contributed by atoms with Crippen LogP contribution in [0.2, 0.25) is 0 Å². The van der Waals surface area contributed by atoms with Crippen LogP contribution in [0.4, 0.5) is 11.5 Å². The molecule has 0 radical (unpaired) electrons. The minimum Gasteiger partial charge on any atom is -0.389 e. The van der Waals surface area contributed by atoms with Gasteiger partial charge in [0.25, 0.3) is 5.91 Å². The summed E-state index contributed by atoms with van der Waals surface area (Å²) in [5.41, 5.74) is 1.29. The fourth-order valence-corrected chi connectivity index (χ4v) is 3.24. The first-order valence-electron chi connectivity index (χ1n) is 9.82. The molecule has 2 aromatic rings. The van der Waals surface area contributed by atoms with Gasteiger partial charge in [0.05, 0.1) is 31.2 Å². The minimum absolute atomic E-state index is 0.149. The Morgan fingerprint density at radius 2 is 1.97 bits per heavy atom. The Morgan fingerprint density at radius 1 is 1.21 bits per heavy atom. The van der Waals surface area contributed by atoms with Gasteiger partial charge in [-0.3, -0.25) is 9.69 Å². The number of aliphatic hydroxyl groups excluding tert-OH is 1. The van der Waals surface area contributed by atoms with E-state index in [0.29, 0.717) is 31.0 Å². The van der Waals surface area contributed by atoms with E-state index in [-0.39, 0.29) is 5.91 Å². The molecule has 1 aliphatic rings. The molecule has 3 rings (SSSR count). The second-order valence-corrected chi connectivity index (χ2v) is 6.99. The molecule has 0 aliphatic carbocycles. The first-order valence-corrected chi connectivity index (χ1v) is 9.82. The third kappa shape index (κ3) is 6.39. The lowest BCUT2D eigenvalue weighted by Crippen LogP contribution is -2.49. The van der Waals surface area contributed by atoms with Crippen molar-refractivity contribution in [1.29, 1.82) is 0 Å². The number of benzene rings is 1. The molecule has 1 unspecified atom stereocenters. The number of rotatable bonds is 9. The van der Waals surface area contributed by atoms with Gasteiger partial charge < -0.3 is 20.1 Å². The zero-order valence-corrected chi connectivity index (χ0v) is 16.5. The van der Waals surface area contributed by atoms with Crippen LogP contribution >= 0.6 is 0 Å². The molecule has 0 saturated carbocycles. The van der Waals surface area contributed by atoms with Crippen LogP contribution < -0.4 is 10.2 Å². The first-order chi connectivity index (χ1) is 14.2. The van der Waals surface area contributed by atoms with Crippen LogP contribution in [0.3, 0.4) is 0 Å². The normalized spacial score (nSPS) is 15.7. The van der Waals surface area contributed by atoms with Crippen LogP contribution in [0.25, 0.3) is 0 Å². The van der Waals surface area contributed by atoms with E-state index in [4.69, 9.17) is 4.74 Å². The molecule has 2 heterocycles. The maximum Gasteiger partial charge on any atom is 0.255 e. The number of carbonyl (C=O) groups is 1. The molecule has 7 heteroatoms. The number of pyridine rings is 1. The fraction of sp³-hybridized carbons (Fsp3) is 0.364. The van der Waals surface area contributed by atoms with Crippen molar-refractivity contribution < 1.29 is 14.6 Å². The average molecular weight is 396 g/mol. The van der Waals surface area contributed by atoms with Crippen molar-refractivity contribution in [3.8, 4) is 0 Å². The topological polar surface area (TPSA) is 77.9 Å². The van der Waals surface area contributed by atoms with Gasteiger partial charge in [-0.15, -0.1) is 6.58 Å². The number of ether oxygens (including phenoxy) is 1. The van der Waals surface area contributed by atoms with Crippen LogP contribution in [0.5, 0.6) is 0 Å². The number of hydrogen-bond donors (Lipinski definition) is 2. The van der Waals surface area contributed by atoms with Gasteiger partial charge >= 0.3 is 0 Å². The molecule has 0 spiro atoms. The number of aliphatic hydroxyl groups is 1. The summed E-state index contributed by atoms with van der Waals surface area (Å²) in [4.78, 5) is 21.2. The summed E-state index contributed by atoms with van der Waals surface area (Å²) >= 11 is 0. The van der Waals surface area contributed by atoms with Crippen molar-refractivity contribution >= 4 is 17.4 Å². The van der Waals surface area contributed by atoms with Crippen molar-refractivity contribution in [2.75, 3.05) is 56.2 Å². The van der Waals surface area contributed by atoms with Gasteiger partial charge in [-0.25, -0.2) is 4.98 Å². The van der Waals surface area contributed by atoms with Crippen molar-refractivity contribution in [2.24, 2.45) is 0 Å². The number of nitrogens with one attached hydrogen (secondary N) is 1. The van der Waals surface area contributed by atoms with Gasteiger partial charge in [0.1, 0.15) is 5.82 Å². The van der Waals surface area contributed by atoms with Gasteiger partial charge in [0.15, 0.2) is 0 Å². The van der Waals surface area contributed by atoms with Crippen LogP contribution in [0, 0.1) is 0 Å². The maximum atomic E-state index is 12.2. The summed E-state index contributed by atoms with van der Waals surface area (Å²) in [6, 6.07) is 12.9. The predicted octanol–water partition coefficient (Wildman–Crippen LogP) is 2.02. The summed E-state index contributed by atoms with van der Waals surface area (Å²) in [7, 11) is 0. The summed E-state index contributed by atoms with van der Waals surface area (Å²) in [6.45, 7) is 8.35. The number of amides is 1. The van der Waals surface area contributed by atoms with E-state index in [1.807, 2.05) is 30.3 Å². The Hall–Kier alpha value is -2.74. The molecule has 154 valence electrons. The van der Waals surface area contributed by atoms with Gasteiger partial charge in [0.2, 0.25) is 0 Å². The third-order valence-electron chi connectivity index (χ3n) is 4.75. The van der Waals surface area contributed by atoms with Crippen LogP contribution in [0.1, 0.15) is 10.4 Å². The highest BCUT2D eigenvalue weighted by Gasteiger charge is 2.20. The van der Waals surface area contributed by atoms with Gasteiger partial charge in [0, 0.05) is 38.3 Å². The molecule has 1 aromatic carbocycles. The lowest BCUT2D eigenvalue weighted by atomic mass is 10.2. The second-order valence-electron chi connectivity index (χ2n) is 6.99. The minimum atomic E-state index is -0.493. The van der Waals surface area contributed by atoms with Crippen molar-refractivity contribution in [3.63, 3.8) is 0 Å². The average Bonchev–Trinajstić information content (AvgIpc) is 2.76. The highest BCUT2D eigenvalue weighted by atomic mass is 16.5. The van der Waals surface area contributed by atoms with E-state index in [1.165, 1.54) is 0 Å². The lowest BCUT2D eigenvalue weighted by Gasteiger charge is -2.36. The van der Waals surface area contributed by atoms with E-state index in [1.54, 1.807) is 24.4 Å². The first kappa shape index (κ1) is 21.0. The second kappa shape index (κ2) is 10.7. The number of hydrogen-bond acceptors (Lipinski definition) is 6. The molecule has 2 N–H and O–H groups in total. The number of β-amino-alcohol motifs (C(OH)–C–C–N with tert-alkyl or cyclic N) is 1. The quantitative estimate of drug-likeness (QED) is 0.499. The molecule has 1 aromatic heterocycles. The standard InChI is InChI=1S/C22H28N4O3/c1-2-14-29-17-20(27)16-25-10-12-26(13-11-25)21-9-8-19(15-23-21)24-22(28)18-6-4-3-5-7-18/h2-9,15,20,27H,1,10-14,16-17H2,(H,24,28). The highest BCUT2D eigenvalue weighted by Crippen LogP contribution is 2.17. The molecule has 0 bridgehead atoms. The Balaban J connectivity index is 1.45. The zero-order valence-electron chi connectivity index (χ0n) is 16.5. The molecule has 1 saturated heterocycles. The van der Waals surface area contributed by atoms with Gasteiger partial charge in [-0.1, -0.05) is 24.3 Å². The van der Waals surface area contributed by atoms with Crippen LogP contribution in [-0.4, -0.2) is 72.9 Å². The van der Waals surface area contributed by atoms with E-state index in [0.717, 1.165) is 32.0 Å². The smallest absolute Gasteiger partial charge is 0.255 e. The van der Waals surface area contributed by atoms with Gasteiger partial charge in [-0.2, -0.15) is 0 Å². The summed E-state index contributed by atoms with van der Waals surface area (Å²) in [5, 5.41) is 12.9. The van der Waals surface area contributed by atoms with Crippen molar-refractivity contribution in [1.82, 2.24) is 9.88 Å². The summed E-state index contributed by atoms with van der Waals surface area (Å²) in [6.07, 6.45) is 2.87. The van der Waals surface area contributed by atoms with E-state index in [2.05, 4.69) is 26.7 Å². The van der Waals surface area contributed by atoms with E-state index in [9.17, 15) is 9.90 Å². The molecule has 7 nitrogen and oxygen atoms in total. The summed E-state index contributed by atoms with van der Waals surface area (Å²) in [5.74, 6) is 0.738. The van der Waals surface area contributed by atoms with Gasteiger partial charge in [-0.05, 0) is 24.3 Å². The predicted molar refractivity (Wildman–Crippen MR) is 114 cm³/mol. The maximum absolute atomic E-state index is 12.2. The number of nitrogens with zero attached hydrogens (tertiary/aromatic N) is 3. The molecule has 1 fully saturated rings. The highest BCUT2D eigenvalue weighted by molar-refractivity contribution is 6.04. The number of piperazine rings is 1. The fourth-order valence-electron chi connectivity index (χ4n) is 3.24. The van der Waals surface area contributed by atoms with Crippen molar-refractivity contribution in [2.45, 2.75) is 6.10 Å². The number of carbonyl (C=O) groups excluding carboxylic acids is 1.